The number of halogens is 3. The molecule has 0 saturated carbocycles. The number of sulfonamides is 1. The van der Waals surface area contributed by atoms with Crippen molar-refractivity contribution in [2.45, 2.75) is 19.1 Å². The maximum atomic E-state index is 13.2. The Bertz CT molecular complexity index is 502. The standard InChI is InChI=1S/C9H10BrF2NO2S/c1-5(2)16(14,15)13-9-3-6(10)7(11)4-8(9)12/h3-5,13H,1-2H3. The first-order chi connectivity index (χ1) is 7.24. The molecule has 0 heterocycles. The van der Waals surface area contributed by atoms with Gasteiger partial charge >= 0.3 is 0 Å². The molecule has 0 aliphatic rings. The van der Waals surface area contributed by atoms with Crippen molar-refractivity contribution in [3.8, 4) is 0 Å². The first kappa shape index (κ1) is 13.4. The van der Waals surface area contributed by atoms with Crippen molar-refractivity contribution < 1.29 is 17.2 Å². The number of nitrogens with one attached hydrogen (secondary N) is 1. The zero-order chi connectivity index (χ0) is 12.5. The molecule has 0 saturated heterocycles. The van der Waals surface area contributed by atoms with Gasteiger partial charge in [0.1, 0.15) is 11.6 Å². The first-order valence-corrected chi connectivity index (χ1v) is 6.74. The van der Waals surface area contributed by atoms with Gasteiger partial charge in [0.2, 0.25) is 10.0 Å². The number of hydrogen-bond acceptors (Lipinski definition) is 2. The Morgan fingerprint density at radius 2 is 1.81 bits per heavy atom. The third-order valence-electron chi connectivity index (χ3n) is 1.88. The van der Waals surface area contributed by atoms with Crippen LogP contribution in [0.1, 0.15) is 13.8 Å². The minimum atomic E-state index is -3.64. The molecule has 1 rings (SSSR count). The first-order valence-electron chi connectivity index (χ1n) is 4.40. The zero-order valence-corrected chi connectivity index (χ0v) is 11.0. The molecule has 0 amide bonds. The van der Waals surface area contributed by atoms with E-state index in [9.17, 15) is 17.2 Å². The van der Waals surface area contributed by atoms with E-state index in [-0.39, 0.29) is 10.2 Å². The van der Waals surface area contributed by atoms with Crippen molar-refractivity contribution >= 4 is 31.6 Å². The third-order valence-corrected chi connectivity index (χ3v) is 4.24. The van der Waals surface area contributed by atoms with Gasteiger partial charge in [-0.1, -0.05) is 0 Å². The maximum Gasteiger partial charge on any atom is 0.235 e. The van der Waals surface area contributed by atoms with Gasteiger partial charge in [-0.2, -0.15) is 0 Å². The van der Waals surface area contributed by atoms with E-state index in [1.54, 1.807) is 0 Å². The molecule has 0 bridgehead atoms. The van der Waals surface area contributed by atoms with Gasteiger partial charge in [-0.15, -0.1) is 0 Å². The van der Waals surface area contributed by atoms with Crippen molar-refractivity contribution in [3.63, 3.8) is 0 Å². The summed E-state index contributed by atoms with van der Waals surface area (Å²) in [5, 5.41) is -0.698. The van der Waals surface area contributed by atoms with E-state index in [1.807, 2.05) is 0 Å². The Kier molecular flexibility index (Phi) is 3.90. The quantitative estimate of drug-likeness (QED) is 0.872. The van der Waals surface area contributed by atoms with E-state index in [2.05, 4.69) is 20.7 Å². The Morgan fingerprint density at radius 1 is 1.25 bits per heavy atom. The predicted octanol–water partition coefficient (Wildman–Crippen LogP) is 2.88. The van der Waals surface area contributed by atoms with E-state index < -0.39 is 26.9 Å². The molecule has 1 N–H and O–H groups in total. The van der Waals surface area contributed by atoms with Gasteiger partial charge in [0.25, 0.3) is 0 Å². The average molecular weight is 314 g/mol. The minimum Gasteiger partial charge on any atom is -0.280 e. The van der Waals surface area contributed by atoms with E-state index in [0.29, 0.717) is 6.07 Å². The van der Waals surface area contributed by atoms with Crippen molar-refractivity contribution in [1.82, 2.24) is 0 Å². The topological polar surface area (TPSA) is 46.2 Å². The maximum absolute atomic E-state index is 13.2. The molecule has 0 aliphatic carbocycles. The second-order valence-electron chi connectivity index (χ2n) is 3.44. The SMILES string of the molecule is CC(C)S(=O)(=O)Nc1cc(Br)c(F)cc1F. The molecular weight excluding hydrogens is 304 g/mol. The number of anilines is 1. The van der Waals surface area contributed by atoms with Crippen LogP contribution in [0, 0.1) is 11.6 Å². The zero-order valence-electron chi connectivity index (χ0n) is 8.59. The summed E-state index contributed by atoms with van der Waals surface area (Å²) in [6.07, 6.45) is 0. The molecule has 16 heavy (non-hydrogen) atoms. The smallest absolute Gasteiger partial charge is 0.235 e. The average Bonchev–Trinajstić information content (AvgIpc) is 2.13. The molecule has 1 aromatic rings. The van der Waals surface area contributed by atoms with E-state index in [1.165, 1.54) is 13.8 Å². The molecule has 0 fully saturated rings. The summed E-state index contributed by atoms with van der Waals surface area (Å²) in [4.78, 5) is 0. The molecule has 0 aromatic heterocycles. The molecule has 90 valence electrons. The van der Waals surface area contributed by atoms with Crippen LogP contribution in [0.4, 0.5) is 14.5 Å². The van der Waals surface area contributed by atoms with Gasteiger partial charge in [0.05, 0.1) is 15.4 Å². The van der Waals surface area contributed by atoms with E-state index in [4.69, 9.17) is 0 Å². The lowest BCUT2D eigenvalue weighted by molar-refractivity contribution is 0.577. The van der Waals surface area contributed by atoms with Crippen molar-refractivity contribution in [2.24, 2.45) is 0 Å². The van der Waals surface area contributed by atoms with Crippen LogP contribution < -0.4 is 4.72 Å². The minimum absolute atomic E-state index is 0.00430. The highest BCUT2D eigenvalue weighted by Gasteiger charge is 2.18. The fourth-order valence-electron chi connectivity index (χ4n) is 0.872. The summed E-state index contributed by atoms with van der Waals surface area (Å²) in [5.41, 5.74) is -0.276. The highest BCUT2D eigenvalue weighted by molar-refractivity contribution is 9.10. The highest BCUT2D eigenvalue weighted by atomic mass is 79.9. The molecule has 0 aliphatic heterocycles. The Labute approximate surface area is 101 Å². The molecule has 7 heteroatoms. The third kappa shape index (κ3) is 2.91. The Morgan fingerprint density at radius 3 is 2.31 bits per heavy atom. The van der Waals surface area contributed by atoms with Crippen molar-refractivity contribution in [3.05, 3.63) is 28.2 Å². The van der Waals surface area contributed by atoms with Crippen molar-refractivity contribution in [1.29, 1.82) is 0 Å². The molecule has 0 radical (unpaired) electrons. The van der Waals surface area contributed by atoms with Gasteiger partial charge in [-0.3, -0.25) is 4.72 Å². The Balaban J connectivity index is 3.13. The lowest BCUT2D eigenvalue weighted by atomic mass is 10.3. The van der Waals surface area contributed by atoms with Crippen LogP contribution in [0.5, 0.6) is 0 Å². The summed E-state index contributed by atoms with van der Waals surface area (Å²) in [7, 11) is -3.64. The van der Waals surface area contributed by atoms with Gasteiger partial charge < -0.3 is 0 Å². The summed E-state index contributed by atoms with van der Waals surface area (Å²) in [6, 6.07) is 1.66. The largest absolute Gasteiger partial charge is 0.280 e. The molecule has 0 spiro atoms. The van der Waals surface area contributed by atoms with E-state index in [0.717, 1.165) is 6.07 Å². The van der Waals surface area contributed by atoms with E-state index >= 15 is 0 Å². The Hall–Kier alpha value is -0.690. The normalized spacial score (nSPS) is 11.9. The lowest BCUT2D eigenvalue weighted by Gasteiger charge is -2.11. The van der Waals surface area contributed by atoms with Crippen LogP contribution in [0.2, 0.25) is 0 Å². The van der Waals surface area contributed by atoms with Crippen LogP contribution in [-0.2, 0) is 10.0 Å². The van der Waals surface area contributed by atoms with Gasteiger partial charge in [0, 0.05) is 6.07 Å². The summed E-state index contributed by atoms with van der Waals surface area (Å²) in [6.45, 7) is 2.91. The summed E-state index contributed by atoms with van der Waals surface area (Å²) < 4.78 is 51.1. The van der Waals surface area contributed by atoms with Gasteiger partial charge in [-0.05, 0) is 35.8 Å². The fraction of sp³-hybridized carbons (Fsp3) is 0.333. The van der Waals surface area contributed by atoms with Gasteiger partial charge in [0.15, 0.2) is 0 Å². The van der Waals surface area contributed by atoms with Crippen LogP contribution in [-0.4, -0.2) is 13.7 Å². The van der Waals surface area contributed by atoms with Gasteiger partial charge in [-0.25, -0.2) is 17.2 Å². The molecule has 0 unspecified atom stereocenters. The monoisotopic (exact) mass is 313 g/mol. The number of rotatable bonds is 3. The molecule has 3 nitrogen and oxygen atoms in total. The van der Waals surface area contributed by atoms with Crippen molar-refractivity contribution in [2.75, 3.05) is 4.72 Å². The summed E-state index contributed by atoms with van der Waals surface area (Å²) >= 11 is 2.85. The predicted molar refractivity (Wildman–Crippen MR) is 61.7 cm³/mol. The van der Waals surface area contributed by atoms with Crippen LogP contribution >= 0.6 is 15.9 Å². The second-order valence-corrected chi connectivity index (χ2v) is 6.53. The second kappa shape index (κ2) is 4.67. The van der Waals surface area contributed by atoms with Crippen LogP contribution in [0.15, 0.2) is 16.6 Å². The molecule has 1 aromatic carbocycles. The summed E-state index contributed by atoms with van der Waals surface area (Å²) in [5.74, 6) is -1.74. The fourth-order valence-corrected chi connectivity index (χ4v) is 1.91. The molecular formula is C9H10BrF2NO2S. The number of benzene rings is 1. The molecule has 0 atom stereocenters. The van der Waals surface area contributed by atoms with Crippen LogP contribution in [0.3, 0.4) is 0 Å². The number of hydrogen-bond donors (Lipinski definition) is 1. The van der Waals surface area contributed by atoms with Crippen LogP contribution in [0.25, 0.3) is 0 Å². The lowest BCUT2D eigenvalue weighted by Crippen LogP contribution is -2.23. The highest BCUT2D eigenvalue weighted by Crippen LogP contribution is 2.24.